The highest BCUT2D eigenvalue weighted by molar-refractivity contribution is 6.17. The number of benzene rings is 1. The van der Waals surface area contributed by atoms with Crippen LogP contribution >= 0.6 is 11.6 Å². The standard InChI is InChI=1S/C14H22ClN/c1-3-16(12-10-13(2)9-11-15)14-7-5-4-6-8-14/h4-8,13H,3,9-12H2,1-2H3. The number of rotatable bonds is 7. The molecular formula is C14H22ClN. The average molecular weight is 240 g/mol. The van der Waals surface area contributed by atoms with Crippen LogP contribution in [0.25, 0.3) is 0 Å². The number of anilines is 1. The SMILES string of the molecule is CCN(CCC(C)CCCl)c1ccccc1. The highest BCUT2D eigenvalue weighted by atomic mass is 35.5. The lowest BCUT2D eigenvalue weighted by molar-refractivity contribution is 0.515. The molecule has 0 fully saturated rings. The molecular weight excluding hydrogens is 218 g/mol. The van der Waals surface area contributed by atoms with Crippen molar-refractivity contribution in [3.63, 3.8) is 0 Å². The molecule has 0 saturated heterocycles. The highest BCUT2D eigenvalue weighted by Crippen LogP contribution is 2.16. The first kappa shape index (κ1) is 13.4. The number of halogens is 1. The van der Waals surface area contributed by atoms with Crippen LogP contribution < -0.4 is 4.90 Å². The summed E-state index contributed by atoms with van der Waals surface area (Å²) in [5.74, 6) is 1.49. The summed E-state index contributed by atoms with van der Waals surface area (Å²) in [5.41, 5.74) is 1.32. The summed E-state index contributed by atoms with van der Waals surface area (Å²) in [7, 11) is 0. The summed E-state index contributed by atoms with van der Waals surface area (Å²) in [6, 6.07) is 10.6. The van der Waals surface area contributed by atoms with Gasteiger partial charge in [-0.2, -0.15) is 0 Å². The number of hydrogen-bond acceptors (Lipinski definition) is 1. The van der Waals surface area contributed by atoms with Crippen LogP contribution in [-0.4, -0.2) is 19.0 Å². The van der Waals surface area contributed by atoms with Gasteiger partial charge in [-0.05, 0) is 37.8 Å². The topological polar surface area (TPSA) is 3.24 Å². The lowest BCUT2D eigenvalue weighted by Gasteiger charge is -2.24. The Bertz CT molecular complexity index is 273. The van der Waals surface area contributed by atoms with Crippen molar-refractivity contribution in [2.24, 2.45) is 5.92 Å². The molecule has 0 amide bonds. The first-order chi connectivity index (χ1) is 7.77. The lowest BCUT2D eigenvalue weighted by Crippen LogP contribution is -2.25. The molecule has 0 N–H and O–H groups in total. The second-order valence-corrected chi connectivity index (χ2v) is 4.66. The van der Waals surface area contributed by atoms with E-state index in [0.717, 1.165) is 31.3 Å². The number of nitrogens with zero attached hydrogens (tertiary/aromatic N) is 1. The van der Waals surface area contributed by atoms with Crippen LogP contribution in [-0.2, 0) is 0 Å². The summed E-state index contributed by atoms with van der Waals surface area (Å²) >= 11 is 5.75. The maximum absolute atomic E-state index is 5.75. The quantitative estimate of drug-likeness (QED) is 0.646. The molecule has 90 valence electrons. The van der Waals surface area contributed by atoms with E-state index in [1.807, 2.05) is 0 Å². The maximum atomic E-state index is 5.75. The van der Waals surface area contributed by atoms with Gasteiger partial charge in [0.2, 0.25) is 0 Å². The highest BCUT2D eigenvalue weighted by Gasteiger charge is 2.06. The minimum absolute atomic E-state index is 0.718. The number of hydrogen-bond donors (Lipinski definition) is 0. The molecule has 2 heteroatoms. The monoisotopic (exact) mass is 239 g/mol. The van der Waals surface area contributed by atoms with Crippen molar-refractivity contribution in [2.75, 3.05) is 23.9 Å². The zero-order chi connectivity index (χ0) is 11.8. The Morgan fingerprint density at radius 1 is 1.19 bits per heavy atom. The summed E-state index contributed by atoms with van der Waals surface area (Å²) in [4.78, 5) is 2.42. The second-order valence-electron chi connectivity index (χ2n) is 4.29. The zero-order valence-electron chi connectivity index (χ0n) is 10.3. The smallest absolute Gasteiger partial charge is 0.0366 e. The van der Waals surface area contributed by atoms with Crippen LogP contribution in [0.5, 0.6) is 0 Å². The second kappa shape index (κ2) is 7.56. The van der Waals surface area contributed by atoms with Gasteiger partial charge in [-0.25, -0.2) is 0 Å². The fraction of sp³-hybridized carbons (Fsp3) is 0.571. The van der Waals surface area contributed by atoms with E-state index in [-0.39, 0.29) is 0 Å². The molecule has 0 aliphatic heterocycles. The molecule has 0 heterocycles. The molecule has 0 bridgehead atoms. The Morgan fingerprint density at radius 2 is 1.88 bits per heavy atom. The Morgan fingerprint density at radius 3 is 2.44 bits per heavy atom. The first-order valence-corrected chi connectivity index (χ1v) is 6.67. The minimum atomic E-state index is 0.718. The van der Waals surface area contributed by atoms with Crippen LogP contribution in [0, 0.1) is 5.92 Å². The largest absolute Gasteiger partial charge is 0.372 e. The molecule has 16 heavy (non-hydrogen) atoms. The summed E-state index contributed by atoms with van der Waals surface area (Å²) in [5, 5.41) is 0. The maximum Gasteiger partial charge on any atom is 0.0366 e. The Balaban J connectivity index is 2.44. The van der Waals surface area contributed by atoms with E-state index in [1.165, 1.54) is 12.1 Å². The third-order valence-electron chi connectivity index (χ3n) is 3.00. The van der Waals surface area contributed by atoms with Crippen LogP contribution in [0.1, 0.15) is 26.7 Å². The van der Waals surface area contributed by atoms with E-state index in [2.05, 4.69) is 49.1 Å². The molecule has 0 radical (unpaired) electrons. The van der Waals surface area contributed by atoms with E-state index in [0.29, 0.717) is 0 Å². The van der Waals surface area contributed by atoms with Crippen molar-refractivity contribution >= 4 is 17.3 Å². The van der Waals surface area contributed by atoms with Crippen LogP contribution in [0.15, 0.2) is 30.3 Å². The van der Waals surface area contributed by atoms with Crippen molar-refractivity contribution in [1.29, 1.82) is 0 Å². The molecule has 1 unspecified atom stereocenters. The molecule has 0 saturated carbocycles. The number of alkyl halides is 1. The predicted octanol–water partition coefficient (Wildman–Crippen LogP) is 4.17. The third kappa shape index (κ3) is 4.44. The normalized spacial score (nSPS) is 12.4. The molecule has 0 aromatic heterocycles. The van der Waals surface area contributed by atoms with Gasteiger partial charge in [-0.15, -0.1) is 11.6 Å². The van der Waals surface area contributed by atoms with Gasteiger partial charge in [-0.3, -0.25) is 0 Å². The molecule has 0 aliphatic rings. The third-order valence-corrected chi connectivity index (χ3v) is 3.22. The van der Waals surface area contributed by atoms with E-state index < -0.39 is 0 Å². The fourth-order valence-corrected chi connectivity index (χ4v) is 2.19. The van der Waals surface area contributed by atoms with Gasteiger partial charge in [0.15, 0.2) is 0 Å². The predicted molar refractivity (Wildman–Crippen MR) is 73.4 cm³/mol. The molecule has 1 atom stereocenters. The molecule has 1 rings (SSSR count). The van der Waals surface area contributed by atoms with Crippen molar-refractivity contribution < 1.29 is 0 Å². The summed E-state index contributed by atoms with van der Waals surface area (Å²) in [6.45, 7) is 6.68. The van der Waals surface area contributed by atoms with Gasteiger partial charge in [0, 0.05) is 24.7 Å². The van der Waals surface area contributed by atoms with Crippen molar-refractivity contribution in [3.05, 3.63) is 30.3 Å². The van der Waals surface area contributed by atoms with Crippen LogP contribution in [0.4, 0.5) is 5.69 Å². The van der Waals surface area contributed by atoms with Gasteiger partial charge in [0.05, 0.1) is 0 Å². The Kier molecular flexibility index (Phi) is 6.32. The molecule has 0 spiro atoms. The van der Waals surface area contributed by atoms with Crippen LogP contribution in [0.2, 0.25) is 0 Å². The van der Waals surface area contributed by atoms with Crippen LogP contribution in [0.3, 0.4) is 0 Å². The van der Waals surface area contributed by atoms with Gasteiger partial charge in [-0.1, -0.05) is 25.1 Å². The Hall–Kier alpha value is -0.690. The van der Waals surface area contributed by atoms with Gasteiger partial charge in [0.25, 0.3) is 0 Å². The molecule has 0 aliphatic carbocycles. The number of para-hydroxylation sites is 1. The molecule has 1 aromatic carbocycles. The van der Waals surface area contributed by atoms with Crippen molar-refractivity contribution in [3.8, 4) is 0 Å². The van der Waals surface area contributed by atoms with E-state index >= 15 is 0 Å². The lowest BCUT2D eigenvalue weighted by atomic mass is 10.0. The molecule has 1 aromatic rings. The van der Waals surface area contributed by atoms with E-state index in [1.54, 1.807) is 0 Å². The zero-order valence-corrected chi connectivity index (χ0v) is 11.1. The van der Waals surface area contributed by atoms with Gasteiger partial charge in [0.1, 0.15) is 0 Å². The van der Waals surface area contributed by atoms with E-state index in [9.17, 15) is 0 Å². The first-order valence-electron chi connectivity index (χ1n) is 6.13. The van der Waals surface area contributed by atoms with E-state index in [4.69, 9.17) is 11.6 Å². The van der Waals surface area contributed by atoms with Gasteiger partial charge >= 0.3 is 0 Å². The minimum Gasteiger partial charge on any atom is -0.372 e. The molecule has 1 nitrogen and oxygen atoms in total. The van der Waals surface area contributed by atoms with Crippen molar-refractivity contribution in [1.82, 2.24) is 0 Å². The Labute approximate surface area is 104 Å². The summed E-state index contributed by atoms with van der Waals surface area (Å²) < 4.78 is 0. The average Bonchev–Trinajstić information content (AvgIpc) is 2.31. The van der Waals surface area contributed by atoms with Gasteiger partial charge < -0.3 is 4.90 Å². The summed E-state index contributed by atoms with van der Waals surface area (Å²) in [6.07, 6.45) is 2.34. The fourth-order valence-electron chi connectivity index (χ4n) is 1.82. The van der Waals surface area contributed by atoms with Crippen molar-refractivity contribution in [2.45, 2.75) is 26.7 Å².